The van der Waals surface area contributed by atoms with E-state index in [2.05, 4.69) is 21.2 Å². The Morgan fingerprint density at radius 2 is 1.96 bits per heavy atom. The molecule has 6 nitrogen and oxygen atoms in total. The van der Waals surface area contributed by atoms with Crippen molar-refractivity contribution in [3.63, 3.8) is 0 Å². The molecule has 1 aromatic rings. The van der Waals surface area contributed by atoms with Crippen molar-refractivity contribution >= 4 is 37.6 Å². The van der Waals surface area contributed by atoms with Gasteiger partial charge in [0.05, 0.1) is 18.1 Å². The van der Waals surface area contributed by atoms with Gasteiger partial charge in [0.2, 0.25) is 5.91 Å². The minimum Gasteiger partial charge on any atom is -0.343 e. The van der Waals surface area contributed by atoms with Crippen LogP contribution in [0, 0.1) is 0 Å². The molecule has 1 atom stereocenters. The summed E-state index contributed by atoms with van der Waals surface area (Å²) in [6, 6.07) is 6.80. The van der Waals surface area contributed by atoms with Crippen molar-refractivity contribution in [3.05, 3.63) is 34.3 Å². The van der Waals surface area contributed by atoms with Gasteiger partial charge in [-0.25, -0.2) is 8.42 Å². The van der Waals surface area contributed by atoms with E-state index in [1.165, 1.54) is 0 Å². The highest BCUT2D eigenvalue weighted by Gasteiger charge is 2.41. The number of halogens is 1. The smallest absolute Gasteiger partial charge is 0.251 e. The summed E-state index contributed by atoms with van der Waals surface area (Å²) in [4.78, 5) is 26.4. The van der Waals surface area contributed by atoms with Crippen LogP contribution in [0.2, 0.25) is 0 Å². The number of nitrogens with zero attached hydrogens (tertiary/aromatic N) is 1. The van der Waals surface area contributed by atoms with Crippen LogP contribution >= 0.6 is 15.9 Å². The number of nitrogens with one attached hydrogen (secondary N) is 1. The van der Waals surface area contributed by atoms with E-state index in [-0.39, 0.29) is 41.9 Å². The molecule has 2 aliphatic rings. The predicted octanol–water partition coefficient (Wildman–Crippen LogP) is 1.36. The Kier molecular flexibility index (Phi) is 4.96. The fraction of sp³-hybridized carbons (Fsp3) is 0.500. The average molecular weight is 415 g/mol. The SMILES string of the molecule is O=C(NCC(=O)N(C1CC1)C1CCS(=O)(=O)C1)c1cccc(Br)c1. The first-order chi connectivity index (χ1) is 11.4. The molecule has 0 aromatic heterocycles. The normalized spacial score (nSPS) is 22.1. The summed E-state index contributed by atoms with van der Waals surface area (Å²) < 4.78 is 24.2. The molecule has 1 saturated heterocycles. The lowest BCUT2D eigenvalue weighted by molar-refractivity contribution is -0.132. The van der Waals surface area contributed by atoms with E-state index < -0.39 is 9.84 Å². The Hall–Kier alpha value is -1.41. The van der Waals surface area contributed by atoms with E-state index in [4.69, 9.17) is 0 Å². The van der Waals surface area contributed by atoms with Crippen molar-refractivity contribution in [3.8, 4) is 0 Å². The molecule has 1 N–H and O–H groups in total. The van der Waals surface area contributed by atoms with Crippen LogP contribution in [0.5, 0.6) is 0 Å². The van der Waals surface area contributed by atoms with E-state index in [1.807, 2.05) is 6.07 Å². The summed E-state index contributed by atoms with van der Waals surface area (Å²) in [5.74, 6) is -0.352. The van der Waals surface area contributed by atoms with Gasteiger partial charge in [-0.3, -0.25) is 9.59 Å². The zero-order valence-corrected chi connectivity index (χ0v) is 15.5. The second-order valence-corrected chi connectivity index (χ2v) is 9.43. The number of hydrogen-bond acceptors (Lipinski definition) is 4. The molecule has 2 fully saturated rings. The second-order valence-electron chi connectivity index (χ2n) is 6.28. The van der Waals surface area contributed by atoms with Crippen molar-refractivity contribution in [2.24, 2.45) is 0 Å². The van der Waals surface area contributed by atoms with Gasteiger partial charge in [0.15, 0.2) is 9.84 Å². The van der Waals surface area contributed by atoms with Crippen LogP contribution in [-0.4, -0.2) is 55.3 Å². The number of hydrogen-bond donors (Lipinski definition) is 1. The second kappa shape index (κ2) is 6.84. The summed E-state index contributed by atoms with van der Waals surface area (Å²) in [5, 5.41) is 2.63. The lowest BCUT2D eigenvalue weighted by Gasteiger charge is -2.28. The van der Waals surface area contributed by atoms with Gasteiger partial charge in [0, 0.05) is 22.1 Å². The third kappa shape index (κ3) is 4.16. The van der Waals surface area contributed by atoms with Gasteiger partial charge < -0.3 is 10.2 Å². The number of carbonyl (C=O) groups excluding carboxylic acids is 2. The Morgan fingerprint density at radius 1 is 1.21 bits per heavy atom. The predicted molar refractivity (Wildman–Crippen MR) is 93.4 cm³/mol. The zero-order valence-electron chi connectivity index (χ0n) is 13.1. The molecule has 3 rings (SSSR count). The minimum atomic E-state index is -3.05. The van der Waals surface area contributed by atoms with Crippen LogP contribution in [-0.2, 0) is 14.6 Å². The molecule has 2 amide bonds. The molecule has 1 heterocycles. The molecule has 0 radical (unpaired) electrons. The van der Waals surface area contributed by atoms with E-state index in [0.29, 0.717) is 12.0 Å². The maximum absolute atomic E-state index is 12.5. The molecular weight excluding hydrogens is 396 g/mol. The summed E-state index contributed by atoms with van der Waals surface area (Å²) in [6.07, 6.45) is 2.30. The first-order valence-electron chi connectivity index (χ1n) is 7.91. The first-order valence-corrected chi connectivity index (χ1v) is 10.5. The quantitative estimate of drug-likeness (QED) is 0.787. The topological polar surface area (TPSA) is 83.6 Å². The molecule has 1 aromatic carbocycles. The number of amides is 2. The van der Waals surface area contributed by atoms with Crippen molar-refractivity contribution in [2.45, 2.75) is 31.3 Å². The van der Waals surface area contributed by atoms with Crippen LogP contribution < -0.4 is 5.32 Å². The third-order valence-corrected chi connectivity index (χ3v) is 6.56. The van der Waals surface area contributed by atoms with Crippen LogP contribution in [0.1, 0.15) is 29.6 Å². The first kappa shape index (κ1) is 17.4. The third-order valence-electron chi connectivity index (χ3n) is 4.32. The van der Waals surface area contributed by atoms with Gasteiger partial charge in [-0.1, -0.05) is 22.0 Å². The molecular formula is C16H19BrN2O4S. The number of carbonyl (C=O) groups is 2. The minimum absolute atomic E-state index is 0.0365. The van der Waals surface area contributed by atoms with E-state index in [0.717, 1.165) is 17.3 Å². The number of benzene rings is 1. The van der Waals surface area contributed by atoms with Crippen LogP contribution in [0.3, 0.4) is 0 Å². The van der Waals surface area contributed by atoms with E-state index in [1.54, 1.807) is 23.1 Å². The van der Waals surface area contributed by atoms with Crippen molar-refractivity contribution in [2.75, 3.05) is 18.1 Å². The Balaban J connectivity index is 1.61. The van der Waals surface area contributed by atoms with Crippen molar-refractivity contribution in [1.29, 1.82) is 0 Å². The Labute approximate surface area is 149 Å². The fourth-order valence-electron chi connectivity index (χ4n) is 3.03. The van der Waals surface area contributed by atoms with Crippen molar-refractivity contribution in [1.82, 2.24) is 10.2 Å². The highest BCUT2D eigenvalue weighted by atomic mass is 79.9. The van der Waals surface area contributed by atoms with Crippen LogP contribution in [0.15, 0.2) is 28.7 Å². The summed E-state index contributed by atoms with van der Waals surface area (Å²) in [6.45, 7) is -0.113. The van der Waals surface area contributed by atoms with Crippen LogP contribution in [0.4, 0.5) is 0 Å². The molecule has 130 valence electrons. The van der Waals surface area contributed by atoms with Gasteiger partial charge in [0.1, 0.15) is 0 Å². The maximum atomic E-state index is 12.5. The standard InChI is InChI=1S/C16H19BrN2O4S/c17-12-3-1-2-11(8-12)16(21)18-9-15(20)19(13-4-5-13)14-6-7-24(22,23)10-14/h1-3,8,13-14H,4-7,9-10H2,(H,18,21). The average Bonchev–Trinajstić information content (AvgIpc) is 3.28. The zero-order chi connectivity index (χ0) is 17.3. The molecule has 0 spiro atoms. The van der Waals surface area contributed by atoms with Gasteiger partial charge in [-0.05, 0) is 37.5 Å². The van der Waals surface area contributed by atoms with Crippen LogP contribution in [0.25, 0.3) is 0 Å². The molecule has 1 aliphatic carbocycles. The Morgan fingerprint density at radius 3 is 2.54 bits per heavy atom. The summed E-state index contributed by atoms with van der Waals surface area (Å²) in [5.41, 5.74) is 0.471. The number of sulfone groups is 1. The highest BCUT2D eigenvalue weighted by Crippen LogP contribution is 2.32. The largest absolute Gasteiger partial charge is 0.343 e. The molecule has 24 heavy (non-hydrogen) atoms. The maximum Gasteiger partial charge on any atom is 0.251 e. The highest BCUT2D eigenvalue weighted by molar-refractivity contribution is 9.10. The van der Waals surface area contributed by atoms with Crippen molar-refractivity contribution < 1.29 is 18.0 Å². The lowest BCUT2D eigenvalue weighted by Crippen LogP contribution is -2.47. The molecule has 8 heteroatoms. The molecule has 0 bridgehead atoms. The van der Waals surface area contributed by atoms with Gasteiger partial charge in [-0.2, -0.15) is 0 Å². The summed E-state index contributed by atoms with van der Waals surface area (Å²) in [7, 11) is -3.05. The van der Waals surface area contributed by atoms with Gasteiger partial charge in [-0.15, -0.1) is 0 Å². The van der Waals surface area contributed by atoms with E-state index in [9.17, 15) is 18.0 Å². The van der Waals surface area contributed by atoms with Gasteiger partial charge in [0.25, 0.3) is 5.91 Å². The molecule has 1 saturated carbocycles. The molecule has 1 unspecified atom stereocenters. The number of rotatable bonds is 5. The lowest BCUT2D eigenvalue weighted by atomic mass is 10.2. The Bertz CT molecular complexity index is 761. The van der Waals surface area contributed by atoms with E-state index >= 15 is 0 Å². The molecule has 1 aliphatic heterocycles. The monoisotopic (exact) mass is 414 g/mol. The van der Waals surface area contributed by atoms with Gasteiger partial charge >= 0.3 is 0 Å². The fourth-order valence-corrected chi connectivity index (χ4v) is 5.14. The summed E-state index contributed by atoms with van der Waals surface area (Å²) >= 11 is 3.30.